The molecule has 0 aliphatic carbocycles. The number of fused-ring (bicyclic) bond motifs is 1. The highest BCUT2D eigenvalue weighted by Crippen LogP contribution is 2.33. The minimum Gasteiger partial charge on any atom is -0.388 e. The van der Waals surface area contributed by atoms with Gasteiger partial charge >= 0.3 is 0 Å². The summed E-state index contributed by atoms with van der Waals surface area (Å²) in [5.74, 6) is 0. The van der Waals surface area contributed by atoms with Gasteiger partial charge in [-0.15, -0.1) is 0 Å². The molecule has 2 saturated heterocycles. The van der Waals surface area contributed by atoms with Crippen LogP contribution in [0.3, 0.4) is 0 Å². The van der Waals surface area contributed by atoms with Crippen LogP contribution in [-0.2, 0) is 18.9 Å². The lowest BCUT2D eigenvalue weighted by Crippen LogP contribution is -2.65. The predicted octanol–water partition coefficient (Wildman–Crippen LogP) is 4.45. The molecule has 0 aromatic heterocycles. The van der Waals surface area contributed by atoms with Crippen LogP contribution in [0, 0.1) is 0 Å². The molecule has 31 heavy (non-hydrogen) atoms. The van der Waals surface area contributed by atoms with Crippen LogP contribution >= 0.6 is 0 Å². The van der Waals surface area contributed by atoms with E-state index in [0.29, 0.717) is 13.2 Å². The first kappa shape index (κ1) is 24.6. The molecule has 176 valence electrons. The van der Waals surface area contributed by atoms with Gasteiger partial charge < -0.3 is 29.8 Å². The van der Waals surface area contributed by atoms with Crippen LogP contribution < -0.4 is 5.73 Å². The Morgan fingerprint density at radius 2 is 1.58 bits per heavy atom. The third-order valence-electron chi connectivity index (χ3n) is 6.26. The zero-order valence-corrected chi connectivity index (χ0v) is 19.0. The van der Waals surface area contributed by atoms with Crippen LogP contribution in [0.1, 0.15) is 83.0 Å². The van der Waals surface area contributed by atoms with Crippen LogP contribution in [0.5, 0.6) is 0 Å². The van der Waals surface area contributed by atoms with Crippen molar-refractivity contribution in [2.75, 3.05) is 13.2 Å². The molecule has 2 heterocycles. The van der Waals surface area contributed by atoms with E-state index in [2.05, 4.69) is 6.92 Å². The standard InChI is InChI=1S/C25H41NO5/c1-2-3-4-5-6-7-8-9-10-14-17-28-25-21(26)22(27)23-20(30-25)18-29-24(31-23)19-15-12-11-13-16-19/h11-13,15-16,20-25,27H,2-10,14,17-18,26H2,1H3/t20-,21-,22-,23-,24?,25-/m1/s1. The van der Waals surface area contributed by atoms with Crippen molar-refractivity contribution in [2.45, 2.75) is 108 Å². The second kappa shape index (κ2) is 13.5. The first-order valence-corrected chi connectivity index (χ1v) is 12.2. The van der Waals surface area contributed by atoms with Crippen molar-refractivity contribution in [1.29, 1.82) is 0 Å². The van der Waals surface area contributed by atoms with Gasteiger partial charge in [0.2, 0.25) is 0 Å². The molecule has 2 fully saturated rings. The van der Waals surface area contributed by atoms with E-state index in [9.17, 15) is 5.11 Å². The fourth-order valence-corrected chi connectivity index (χ4v) is 4.33. The smallest absolute Gasteiger partial charge is 0.184 e. The van der Waals surface area contributed by atoms with E-state index in [1.54, 1.807) is 0 Å². The Labute approximate surface area is 187 Å². The van der Waals surface area contributed by atoms with Crippen LogP contribution in [0.25, 0.3) is 0 Å². The van der Waals surface area contributed by atoms with Crippen molar-refractivity contribution in [3.63, 3.8) is 0 Å². The molecular formula is C25H41NO5. The maximum absolute atomic E-state index is 10.7. The molecule has 0 bridgehead atoms. The molecule has 0 amide bonds. The van der Waals surface area contributed by atoms with Gasteiger partial charge in [-0.05, 0) is 6.42 Å². The summed E-state index contributed by atoms with van der Waals surface area (Å²) in [4.78, 5) is 0. The maximum Gasteiger partial charge on any atom is 0.184 e. The summed E-state index contributed by atoms with van der Waals surface area (Å²) in [6, 6.07) is 9.06. The van der Waals surface area contributed by atoms with E-state index >= 15 is 0 Å². The Kier molecular flexibility index (Phi) is 10.7. The van der Waals surface area contributed by atoms with E-state index < -0.39 is 30.8 Å². The number of unbranched alkanes of at least 4 members (excludes halogenated alkanes) is 9. The van der Waals surface area contributed by atoms with Gasteiger partial charge in [0.1, 0.15) is 18.3 Å². The molecular weight excluding hydrogens is 394 g/mol. The number of benzene rings is 1. The molecule has 3 N–H and O–H groups in total. The summed E-state index contributed by atoms with van der Waals surface area (Å²) in [6.07, 6.45) is 9.88. The molecule has 3 rings (SSSR count). The molecule has 0 radical (unpaired) electrons. The minimum absolute atomic E-state index is 0.339. The van der Waals surface area contributed by atoms with E-state index in [-0.39, 0.29) is 6.10 Å². The molecule has 0 saturated carbocycles. The van der Waals surface area contributed by atoms with Crippen molar-refractivity contribution in [2.24, 2.45) is 5.73 Å². The number of hydrogen-bond donors (Lipinski definition) is 2. The highest BCUT2D eigenvalue weighted by atomic mass is 16.7. The summed E-state index contributed by atoms with van der Waals surface area (Å²) < 4.78 is 23.7. The highest BCUT2D eigenvalue weighted by molar-refractivity contribution is 5.16. The Hall–Kier alpha value is -1.02. The normalized spacial score (nSPS) is 30.8. The molecule has 1 aromatic rings. The van der Waals surface area contributed by atoms with E-state index in [4.69, 9.17) is 24.7 Å². The van der Waals surface area contributed by atoms with E-state index in [1.165, 1.54) is 51.4 Å². The first-order valence-electron chi connectivity index (χ1n) is 12.2. The third-order valence-corrected chi connectivity index (χ3v) is 6.26. The molecule has 0 spiro atoms. The Balaban J connectivity index is 1.31. The lowest BCUT2D eigenvalue weighted by atomic mass is 9.96. The average Bonchev–Trinajstić information content (AvgIpc) is 2.81. The van der Waals surface area contributed by atoms with E-state index in [1.807, 2.05) is 30.3 Å². The topological polar surface area (TPSA) is 83.2 Å². The summed E-state index contributed by atoms with van der Waals surface area (Å²) in [7, 11) is 0. The number of rotatable bonds is 13. The molecule has 1 aromatic carbocycles. The summed E-state index contributed by atoms with van der Waals surface area (Å²) >= 11 is 0. The molecule has 6 heteroatoms. The zero-order chi connectivity index (χ0) is 21.9. The van der Waals surface area contributed by atoms with Gasteiger partial charge in [-0.1, -0.05) is 95.0 Å². The van der Waals surface area contributed by atoms with E-state index in [0.717, 1.165) is 18.4 Å². The SMILES string of the molecule is CCCCCCCCCCCCO[C@@H]1O[C@@H]2COC(c3ccccc3)O[C@H]2[C@H](O)[C@H]1N. The Bertz CT molecular complexity index is 599. The van der Waals surface area contributed by atoms with Crippen LogP contribution in [-0.4, -0.2) is 49.0 Å². The lowest BCUT2D eigenvalue weighted by Gasteiger charge is -2.46. The van der Waals surface area contributed by atoms with Crippen molar-refractivity contribution < 1.29 is 24.1 Å². The Morgan fingerprint density at radius 3 is 2.26 bits per heavy atom. The van der Waals surface area contributed by atoms with Crippen molar-refractivity contribution in [3.8, 4) is 0 Å². The highest BCUT2D eigenvalue weighted by Gasteiger charge is 2.48. The third kappa shape index (κ3) is 7.52. The molecule has 6 nitrogen and oxygen atoms in total. The van der Waals surface area contributed by atoms with Crippen molar-refractivity contribution in [1.82, 2.24) is 0 Å². The first-order chi connectivity index (χ1) is 15.2. The fraction of sp³-hybridized carbons (Fsp3) is 0.760. The second-order valence-electron chi connectivity index (χ2n) is 8.84. The van der Waals surface area contributed by atoms with Gasteiger partial charge in [0.25, 0.3) is 0 Å². The number of nitrogens with two attached hydrogens (primary N) is 1. The summed E-state index contributed by atoms with van der Waals surface area (Å²) in [5.41, 5.74) is 7.14. The Morgan fingerprint density at radius 1 is 0.935 bits per heavy atom. The largest absolute Gasteiger partial charge is 0.388 e. The molecule has 2 aliphatic heterocycles. The predicted molar refractivity (Wildman–Crippen MR) is 120 cm³/mol. The lowest BCUT2D eigenvalue weighted by molar-refractivity contribution is -0.342. The van der Waals surface area contributed by atoms with Gasteiger partial charge in [-0.2, -0.15) is 0 Å². The van der Waals surface area contributed by atoms with Crippen molar-refractivity contribution >= 4 is 0 Å². The average molecular weight is 436 g/mol. The monoisotopic (exact) mass is 435 g/mol. The van der Waals surface area contributed by atoms with Gasteiger partial charge in [-0.3, -0.25) is 0 Å². The van der Waals surface area contributed by atoms with Gasteiger partial charge in [0, 0.05) is 12.2 Å². The van der Waals surface area contributed by atoms with Gasteiger partial charge in [-0.25, -0.2) is 0 Å². The second-order valence-corrected chi connectivity index (χ2v) is 8.84. The minimum atomic E-state index is -0.855. The van der Waals surface area contributed by atoms with Crippen molar-refractivity contribution in [3.05, 3.63) is 35.9 Å². The number of aliphatic hydroxyl groups is 1. The van der Waals surface area contributed by atoms with Crippen LogP contribution in [0.2, 0.25) is 0 Å². The summed E-state index contributed by atoms with van der Waals surface area (Å²) in [6.45, 7) is 3.18. The number of aliphatic hydroxyl groups excluding tert-OH is 1. The van der Waals surface area contributed by atoms with Crippen LogP contribution in [0.15, 0.2) is 30.3 Å². The summed E-state index contributed by atoms with van der Waals surface area (Å²) in [5, 5.41) is 10.7. The molecule has 6 atom stereocenters. The van der Waals surface area contributed by atoms with Crippen LogP contribution in [0.4, 0.5) is 0 Å². The van der Waals surface area contributed by atoms with Gasteiger partial charge in [0.05, 0.1) is 12.6 Å². The number of ether oxygens (including phenoxy) is 4. The molecule has 1 unspecified atom stereocenters. The van der Waals surface area contributed by atoms with Gasteiger partial charge in [0.15, 0.2) is 12.6 Å². The quantitative estimate of drug-likeness (QED) is 0.445. The number of hydrogen-bond acceptors (Lipinski definition) is 6. The zero-order valence-electron chi connectivity index (χ0n) is 19.0. The molecule has 2 aliphatic rings. The fourth-order valence-electron chi connectivity index (χ4n) is 4.33. The maximum atomic E-state index is 10.7.